The quantitative estimate of drug-likeness (QED) is 0.373. The number of para-hydroxylation sites is 2. The highest BCUT2D eigenvalue weighted by atomic mass is 32.2. The van der Waals surface area contributed by atoms with Crippen molar-refractivity contribution in [3.63, 3.8) is 0 Å². The van der Waals surface area contributed by atoms with Crippen LogP contribution in [-0.2, 0) is 16.6 Å². The standard InChI is InChI=1S/C20H17N5O2S/c1-2-12-24-13-14-25(15-24)20-19(21-17-10-6-7-11-18(17)22-20)23-28(26,27)16-8-4-3-5-9-16/h2-11,13-15H,1,12H2. The normalized spacial score (nSPS) is 11.4. The molecule has 7 nitrogen and oxygen atoms in total. The van der Waals surface area contributed by atoms with Crippen LogP contribution in [0.1, 0.15) is 0 Å². The van der Waals surface area contributed by atoms with E-state index in [2.05, 4.69) is 21.3 Å². The Kier molecular flexibility index (Phi) is 4.62. The molecule has 0 atom stereocenters. The van der Waals surface area contributed by atoms with Crippen LogP contribution >= 0.6 is 0 Å². The fraction of sp³-hybridized carbons (Fsp3) is 0.0500. The average Bonchev–Trinajstić information content (AvgIpc) is 3.16. The predicted molar refractivity (Wildman–Crippen MR) is 106 cm³/mol. The van der Waals surface area contributed by atoms with E-state index >= 15 is 0 Å². The van der Waals surface area contributed by atoms with Gasteiger partial charge < -0.3 is 9.71 Å². The van der Waals surface area contributed by atoms with E-state index in [1.807, 2.05) is 29.0 Å². The molecule has 0 spiro atoms. The molecule has 4 aromatic rings. The SMILES string of the molecule is C=CC[n+]1ccn(-c2nc3ccccc3nc2[N-]S(=O)(=O)c2ccccc2)c1. The second-order valence-electron chi connectivity index (χ2n) is 6.05. The summed E-state index contributed by atoms with van der Waals surface area (Å²) < 4.78 is 33.1. The minimum absolute atomic E-state index is 0.0314. The van der Waals surface area contributed by atoms with Crippen LogP contribution in [-0.4, -0.2) is 23.0 Å². The maximum Gasteiger partial charge on any atom is 0.250 e. The van der Waals surface area contributed by atoms with Gasteiger partial charge in [-0.2, -0.15) is 4.57 Å². The van der Waals surface area contributed by atoms with Crippen molar-refractivity contribution >= 4 is 26.9 Å². The van der Waals surface area contributed by atoms with Crippen LogP contribution in [0.15, 0.2) is 90.9 Å². The van der Waals surface area contributed by atoms with Crippen LogP contribution in [0.4, 0.5) is 5.82 Å². The molecule has 2 heterocycles. The summed E-state index contributed by atoms with van der Waals surface area (Å²) in [5.41, 5.74) is 1.22. The summed E-state index contributed by atoms with van der Waals surface area (Å²) in [6, 6.07) is 15.3. The van der Waals surface area contributed by atoms with Crippen molar-refractivity contribution in [2.75, 3.05) is 0 Å². The summed E-state index contributed by atoms with van der Waals surface area (Å²) in [6.07, 6.45) is 7.17. The van der Waals surface area contributed by atoms with Gasteiger partial charge in [0.25, 0.3) is 0 Å². The first-order chi connectivity index (χ1) is 13.6. The van der Waals surface area contributed by atoms with Crippen molar-refractivity contribution in [3.05, 3.63) is 90.7 Å². The zero-order chi connectivity index (χ0) is 19.6. The topological polar surface area (TPSA) is 82.8 Å². The number of hydrogen-bond acceptors (Lipinski definition) is 4. The molecule has 0 fully saturated rings. The first-order valence-corrected chi connectivity index (χ1v) is 9.99. The third-order valence-corrected chi connectivity index (χ3v) is 5.34. The predicted octanol–water partition coefficient (Wildman–Crippen LogP) is 3.29. The summed E-state index contributed by atoms with van der Waals surface area (Å²) in [4.78, 5) is 9.16. The first kappa shape index (κ1) is 17.9. The number of hydrogen-bond donors (Lipinski definition) is 0. The van der Waals surface area contributed by atoms with Crippen LogP contribution in [0.5, 0.6) is 0 Å². The van der Waals surface area contributed by atoms with Crippen LogP contribution in [0, 0.1) is 0 Å². The Hall–Kier alpha value is -3.52. The van der Waals surface area contributed by atoms with Gasteiger partial charge in [0, 0.05) is 5.82 Å². The van der Waals surface area contributed by atoms with E-state index in [4.69, 9.17) is 0 Å². The second-order valence-corrected chi connectivity index (χ2v) is 7.65. The fourth-order valence-corrected chi connectivity index (χ4v) is 3.71. The van der Waals surface area contributed by atoms with Crippen molar-refractivity contribution < 1.29 is 13.0 Å². The van der Waals surface area contributed by atoms with Crippen molar-refractivity contribution in [3.8, 4) is 5.82 Å². The third-order valence-electron chi connectivity index (χ3n) is 4.06. The van der Waals surface area contributed by atoms with Crippen LogP contribution < -0.4 is 4.57 Å². The number of allylic oxidation sites excluding steroid dienone is 1. The van der Waals surface area contributed by atoms with E-state index in [1.165, 1.54) is 12.1 Å². The summed E-state index contributed by atoms with van der Waals surface area (Å²) in [6.45, 7) is 4.34. The molecule has 0 bridgehead atoms. The molecule has 0 aliphatic heterocycles. The first-order valence-electron chi connectivity index (χ1n) is 8.55. The molecule has 0 N–H and O–H groups in total. The van der Waals surface area contributed by atoms with Gasteiger partial charge in [0.2, 0.25) is 22.2 Å². The van der Waals surface area contributed by atoms with Crippen LogP contribution in [0.2, 0.25) is 0 Å². The second kappa shape index (κ2) is 7.24. The molecule has 0 aliphatic carbocycles. The van der Waals surface area contributed by atoms with Gasteiger partial charge in [-0.05, 0) is 23.7 Å². The van der Waals surface area contributed by atoms with Crippen molar-refractivity contribution in [1.29, 1.82) is 0 Å². The average molecular weight is 391 g/mol. The lowest BCUT2D eigenvalue weighted by Gasteiger charge is -2.18. The molecule has 0 amide bonds. The van der Waals surface area contributed by atoms with E-state index in [9.17, 15) is 8.42 Å². The molecular formula is C20H17N5O2S. The van der Waals surface area contributed by atoms with Crippen molar-refractivity contribution in [2.45, 2.75) is 11.4 Å². The Bertz CT molecular complexity index is 1250. The molecule has 8 heteroatoms. The van der Waals surface area contributed by atoms with Gasteiger partial charge >= 0.3 is 0 Å². The van der Waals surface area contributed by atoms with E-state index in [-0.39, 0.29) is 10.7 Å². The monoisotopic (exact) mass is 391 g/mol. The van der Waals surface area contributed by atoms with Gasteiger partial charge in [-0.3, -0.25) is 0 Å². The number of aromatic nitrogens is 4. The minimum Gasteiger partial charge on any atom is -0.429 e. The molecule has 4 rings (SSSR count). The smallest absolute Gasteiger partial charge is 0.250 e. The van der Waals surface area contributed by atoms with Crippen molar-refractivity contribution in [2.24, 2.45) is 0 Å². The number of benzene rings is 2. The summed E-state index contributed by atoms with van der Waals surface area (Å²) in [5, 5.41) is 0. The zero-order valence-electron chi connectivity index (χ0n) is 14.9. The molecule has 2 aromatic heterocycles. The van der Waals surface area contributed by atoms with Crippen LogP contribution in [0.3, 0.4) is 0 Å². The Morgan fingerprint density at radius 3 is 2.43 bits per heavy atom. The highest BCUT2D eigenvalue weighted by molar-refractivity contribution is 7.94. The van der Waals surface area contributed by atoms with E-state index in [0.717, 1.165) is 0 Å². The molecular weight excluding hydrogens is 374 g/mol. The maximum atomic E-state index is 12.8. The summed E-state index contributed by atoms with van der Waals surface area (Å²) >= 11 is 0. The molecule has 0 saturated carbocycles. The lowest BCUT2D eigenvalue weighted by Crippen LogP contribution is -2.29. The Balaban J connectivity index is 1.84. The Labute approximate surface area is 162 Å². The molecule has 0 saturated heterocycles. The van der Waals surface area contributed by atoms with Gasteiger partial charge in [-0.1, -0.05) is 49.1 Å². The number of fused-ring (bicyclic) bond motifs is 1. The molecule has 0 radical (unpaired) electrons. The minimum atomic E-state index is -3.93. The highest BCUT2D eigenvalue weighted by Crippen LogP contribution is 2.31. The summed E-state index contributed by atoms with van der Waals surface area (Å²) in [5.74, 6) is 0.366. The number of imidazole rings is 1. The van der Waals surface area contributed by atoms with Gasteiger partial charge in [0.1, 0.15) is 18.9 Å². The largest absolute Gasteiger partial charge is 0.429 e. The van der Waals surface area contributed by atoms with Crippen molar-refractivity contribution in [1.82, 2.24) is 14.5 Å². The van der Waals surface area contributed by atoms with Gasteiger partial charge in [-0.15, -0.1) is 0 Å². The molecule has 140 valence electrons. The van der Waals surface area contributed by atoms with Gasteiger partial charge in [0.05, 0.1) is 10.4 Å². The number of nitrogens with zero attached hydrogens (tertiary/aromatic N) is 5. The maximum absolute atomic E-state index is 12.8. The lowest BCUT2D eigenvalue weighted by atomic mass is 10.3. The fourth-order valence-electron chi connectivity index (χ4n) is 2.75. The molecule has 28 heavy (non-hydrogen) atoms. The molecule has 2 aromatic carbocycles. The van der Waals surface area contributed by atoms with E-state index < -0.39 is 10.0 Å². The van der Waals surface area contributed by atoms with Gasteiger partial charge in [0.15, 0.2) is 0 Å². The molecule has 0 aliphatic rings. The number of rotatable bonds is 6. The zero-order valence-corrected chi connectivity index (χ0v) is 15.7. The lowest BCUT2D eigenvalue weighted by molar-refractivity contribution is -0.686. The van der Waals surface area contributed by atoms with E-state index in [1.54, 1.807) is 47.4 Å². The van der Waals surface area contributed by atoms with Crippen LogP contribution in [0.25, 0.3) is 21.6 Å². The third kappa shape index (κ3) is 3.49. The molecule has 0 unspecified atom stereocenters. The Morgan fingerprint density at radius 1 is 1.04 bits per heavy atom. The highest BCUT2D eigenvalue weighted by Gasteiger charge is 2.16. The van der Waals surface area contributed by atoms with Gasteiger partial charge in [-0.25, -0.2) is 18.0 Å². The van der Waals surface area contributed by atoms with E-state index in [0.29, 0.717) is 23.4 Å². The Morgan fingerprint density at radius 2 is 1.71 bits per heavy atom. The number of sulfonamides is 1. The summed E-state index contributed by atoms with van der Waals surface area (Å²) in [7, 11) is -3.93.